The zero-order chi connectivity index (χ0) is 23.9. The van der Waals surface area contributed by atoms with Gasteiger partial charge in [0.25, 0.3) is 11.8 Å². The van der Waals surface area contributed by atoms with Crippen LogP contribution in [-0.4, -0.2) is 48.4 Å². The number of rotatable bonds is 10. The molecule has 6 heteroatoms. The molecule has 0 aromatic heterocycles. The van der Waals surface area contributed by atoms with Crippen molar-refractivity contribution in [3.05, 3.63) is 102 Å². The predicted octanol–water partition coefficient (Wildman–Crippen LogP) is 4.38. The number of imide groups is 1. The van der Waals surface area contributed by atoms with Gasteiger partial charge in [-0.05, 0) is 42.3 Å². The van der Waals surface area contributed by atoms with E-state index in [2.05, 4.69) is 0 Å². The number of nitrogens with zero attached hydrogens (tertiary/aromatic N) is 2. The summed E-state index contributed by atoms with van der Waals surface area (Å²) in [5.74, 6) is 0.795. The smallest absolute Gasteiger partial charge is 0.278 e. The topological polar surface area (TPSA) is 59.1 Å². The van der Waals surface area contributed by atoms with Crippen molar-refractivity contribution in [2.45, 2.75) is 13.5 Å². The summed E-state index contributed by atoms with van der Waals surface area (Å²) in [6, 6.07) is 26.5. The number of amides is 2. The Kier molecular flexibility index (Phi) is 7.28. The van der Waals surface area contributed by atoms with E-state index in [0.717, 1.165) is 16.9 Å². The molecule has 0 spiro atoms. The van der Waals surface area contributed by atoms with Gasteiger partial charge in [0.05, 0.1) is 19.2 Å². The molecule has 4 rings (SSSR count). The van der Waals surface area contributed by atoms with Crippen molar-refractivity contribution >= 4 is 17.4 Å². The molecule has 0 atom stereocenters. The Morgan fingerprint density at radius 2 is 1.41 bits per heavy atom. The Morgan fingerprint density at radius 1 is 0.794 bits per heavy atom. The molecule has 0 fully saturated rings. The number of hydrogen-bond donors (Lipinski definition) is 0. The van der Waals surface area contributed by atoms with Gasteiger partial charge in [-0.2, -0.15) is 0 Å². The molecule has 174 valence electrons. The number of likely N-dealkylation sites (N-methyl/N-ethyl adjacent to an activating group) is 1. The van der Waals surface area contributed by atoms with Crippen molar-refractivity contribution in [1.29, 1.82) is 0 Å². The van der Waals surface area contributed by atoms with Gasteiger partial charge in [-0.25, -0.2) is 0 Å². The van der Waals surface area contributed by atoms with Crippen molar-refractivity contribution in [3.8, 4) is 11.5 Å². The fourth-order valence-electron chi connectivity index (χ4n) is 4.00. The minimum Gasteiger partial charge on any atom is -0.497 e. The van der Waals surface area contributed by atoms with Crippen molar-refractivity contribution in [3.63, 3.8) is 0 Å². The lowest BCUT2D eigenvalue weighted by atomic mass is 10.0. The van der Waals surface area contributed by atoms with E-state index < -0.39 is 0 Å². The maximum absolute atomic E-state index is 13.5. The lowest BCUT2D eigenvalue weighted by Gasteiger charge is -2.25. The third-order valence-electron chi connectivity index (χ3n) is 5.76. The maximum atomic E-state index is 13.5. The summed E-state index contributed by atoms with van der Waals surface area (Å²) in [4.78, 5) is 30.3. The number of carbonyl (C=O) groups excluding carboxylic acids is 2. The molecule has 6 nitrogen and oxygen atoms in total. The first-order valence-electron chi connectivity index (χ1n) is 11.3. The van der Waals surface area contributed by atoms with Crippen LogP contribution in [-0.2, 0) is 16.1 Å². The molecule has 0 N–H and O–H groups in total. The first-order valence-corrected chi connectivity index (χ1v) is 11.3. The fourth-order valence-corrected chi connectivity index (χ4v) is 4.00. The first kappa shape index (κ1) is 23.1. The SMILES string of the molecule is CCN(Cc1ccccc1)C1=C(c2ccccc2)C(=O)N(CCOc2ccc(OC)cc2)C1=O. The molecule has 0 unspecified atom stereocenters. The van der Waals surface area contributed by atoms with Crippen LogP contribution in [0.4, 0.5) is 0 Å². The lowest BCUT2D eigenvalue weighted by Crippen LogP contribution is -2.37. The van der Waals surface area contributed by atoms with Crippen LogP contribution in [0.15, 0.2) is 90.6 Å². The molecule has 3 aromatic carbocycles. The summed E-state index contributed by atoms with van der Waals surface area (Å²) in [5.41, 5.74) is 2.69. The molecular weight excluding hydrogens is 428 g/mol. The highest BCUT2D eigenvalue weighted by Crippen LogP contribution is 2.32. The first-order chi connectivity index (χ1) is 16.6. The third kappa shape index (κ3) is 4.96. The van der Waals surface area contributed by atoms with E-state index in [1.807, 2.05) is 72.5 Å². The van der Waals surface area contributed by atoms with Gasteiger partial charge >= 0.3 is 0 Å². The number of carbonyl (C=O) groups is 2. The van der Waals surface area contributed by atoms with E-state index in [0.29, 0.717) is 30.1 Å². The van der Waals surface area contributed by atoms with E-state index in [4.69, 9.17) is 9.47 Å². The van der Waals surface area contributed by atoms with E-state index in [1.165, 1.54) is 4.90 Å². The summed E-state index contributed by atoms with van der Waals surface area (Å²) in [6.45, 7) is 3.48. The normalized spacial score (nSPS) is 13.4. The van der Waals surface area contributed by atoms with Crippen LogP contribution in [0.25, 0.3) is 5.57 Å². The van der Waals surface area contributed by atoms with Crippen molar-refractivity contribution in [2.24, 2.45) is 0 Å². The highest BCUT2D eigenvalue weighted by Gasteiger charge is 2.41. The number of benzene rings is 3. The number of ether oxygens (including phenoxy) is 2. The minimum atomic E-state index is -0.295. The summed E-state index contributed by atoms with van der Waals surface area (Å²) < 4.78 is 10.9. The molecule has 34 heavy (non-hydrogen) atoms. The van der Waals surface area contributed by atoms with Gasteiger partial charge in [-0.3, -0.25) is 14.5 Å². The quantitative estimate of drug-likeness (QED) is 0.424. The second-order valence-corrected chi connectivity index (χ2v) is 7.88. The molecule has 0 aliphatic carbocycles. The second-order valence-electron chi connectivity index (χ2n) is 7.88. The lowest BCUT2D eigenvalue weighted by molar-refractivity contribution is -0.138. The monoisotopic (exact) mass is 456 g/mol. The van der Waals surface area contributed by atoms with Crippen LogP contribution in [0.5, 0.6) is 11.5 Å². The molecule has 1 aliphatic rings. The van der Waals surface area contributed by atoms with Gasteiger partial charge in [0, 0.05) is 13.1 Å². The molecule has 0 saturated heterocycles. The minimum absolute atomic E-state index is 0.159. The van der Waals surface area contributed by atoms with E-state index in [9.17, 15) is 9.59 Å². The van der Waals surface area contributed by atoms with Gasteiger partial charge in [0.2, 0.25) is 0 Å². The predicted molar refractivity (Wildman–Crippen MR) is 131 cm³/mol. The second kappa shape index (κ2) is 10.7. The largest absolute Gasteiger partial charge is 0.497 e. The Hall–Kier alpha value is -4.06. The Morgan fingerprint density at radius 3 is 2.03 bits per heavy atom. The van der Waals surface area contributed by atoms with Crippen molar-refractivity contribution < 1.29 is 19.1 Å². The van der Waals surface area contributed by atoms with Gasteiger partial charge in [0.1, 0.15) is 23.8 Å². The van der Waals surface area contributed by atoms with E-state index in [-0.39, 0.29) is 25.0 Å². The van der Waals surface area contributed by atoms with Gasteiger partial charge < -0.3 is 14.4 Å². The molecule has 0 bridgehead atoms. The van der Waals surface area contributed by atoms with E-state index >= 15 is 0 Å². The average Bonchev–Trinajstić information content (AvgIpc) is 3.13. The molecule has 3 aromatic rings. The van der Waals surface area contributed by atoms with Crippen LogP contribution < -0.4 is 9.47 Å². The van der Waals surface area contributed by atoms with Gasteiger partial charge in [0.15, 0.2) is 0 Å². The zero-order valence-corrected chi connectivity index (χ0v) is 19.4. The Bertz CT molecular complexity index is 1160. The maximum Gasteiger partial charge on any atom is 0.278 e. The molecular formula is C28H28N2O4. The van der Waals surface area contributed by atoms with Crippen LogP contribution in [0.2, 0.25) is 0 Å². The number of hydrogen-bond acceptors (Lipinski definition) is 5. The summed E-state index contributed by atoms with van der Waals surface area (Å²) >= 11 is 0. The molecule has 1 aliphatic heterocycles. The Labute approximate surface area is 200 Å². The van der Waals surface area contributed by atoms with Crippen LogP contribution in [0.3, 0.4) is 0 Å². The highest BCUT2D eigenvalue weighted by molar-refractivity contribution is 6.35. The summed E-state index contributed by atoms with van der Waals surface area (Å²) in [6.07, 6.45) is 0. The van der Waals surface area contributed by atoms with Crippen molar-refractivity contribution in [1.82, 2.24) is 9.80 Å². The number of methoxy groups -OCH3 is 1. The molecule has 0 radical (unpaired) electrons. The van der Waals surface area contributed by atoms with Crippen LogP contribution in [0.1, 0.15) is 18.1 Å². The Balaban J connectivity index is 1.57. The standard InChI is InChI=1S/C28H28N2O4/c1-3-29(20-21-10-6-4-7-11-21)26-25(22-12-8-5-9-13-22)27(31)30(28(26)32)18-19-34-24-16-14-23(33-2)15-17-24/h4-17H,3,18-20H2,1-2H3. The summed E-state index contributed by atoms with van der Waals surface area (Å²) in [7, 11) is 1.60. The van der Waals surface area contributed by atoms with E-state index in [1.54, 1.807) is 31.4 Å². The zero-order valence-electron chi connectivity index (χ0n) is 19.4. The summed E-state index contributed by atoms with van der Waals surface area (Å²) in [5, 5.41) is 0. The fraction of sp³-hybridized carbons (Fsp3) is 0.214. The van der Waals surface area contributed by atoms with Gasteiger partial charge in [-0.1, -0.05) is 60.7 Å². The molecule has 1 heterocycles. The highest BCUT2D eigenvalue weighted by atomic mass is 16.5. The molecule has 2 amide bonds. The molecule has 0 saturated carbocycles. The average molecular weight is 457 g/mol. The van der Waals surface area contributed by atoms with Crippen molar-refractivity contribution in [2.75, 3.05) is 26.8 Å². The van der Waals surface area contributed by atoms with Gasteiger partial charge in [-0.15, -0.1) is 0 Å². The third-order valence-corrected chi connectivity index (χ3v) is 5.76. The van der Waals surface area contributed by atoms with Crippen LogP contribution >= 0.6 is 0 Å². The van der Waals surface area contributed by atoms with Crippen LogP contribution in [0, 0.1) is 0 Å².